The zero-order valence-electron chi connectivity index (χ0n) is 16.2. The Morgan fingerprint density at radius 1 is 1.30 bits per heavy atom. The first-order valence-corrected chi connectivity index (χ1v) is 9.93. The van der Waals surface area contributed by atoms with Gasteiger partial charge in [-0.25, -0.2) is 0 Å². The van der Waals surface area contributed by atoms with E-state index in [4.69, 9.17) is 0 Å². The number of carbonyl (C=O) groups is 3. The highest BCUT2D eigenvalue weighted by Gasteiger charge is 2.70. The molecule has 2 N–H and O–H groups in total. The molecule has 0 amide bonds. The molecule has 27 heavy (non-hydrogen) atoms. The van der Waals surface area contributed by atoms with Gasteiger partial charge >= 0.3 is 0 Å². The van der Waals surface area contributed by atoms with Crippen molar-refractivity contribution in [3.8, 4) is 0 Å². The Morgan fingerprint density at radius 2 is 2.00 bits per heavy atom. The predicted octanol–water partition coefficient (Wildman–Crippen LogP) is 2.01. The van der Waals surface area contributed by atoms with Gasteiger partial charge in [0.1, 0.15) is 18.0 Å². The van der Waals surface area contributed by atoms with Crippen molar-refractivity contribution in [3.05, 3.63) is 23.8 Å². The van der Waals surface area contributed by atoms with E-state index in [2.05, 4.69) is 0 Å². The van der Waals surface area contributed by atoms with Gasteiger partial charge in [0.25, 0.3) is 0 Å². The summed E-state index contributed by atoms with van der Waals surface area (Å²) in [4.78, 5) is 37.8. The van der Waals surface area contributed by atoms with Crippen molar-refractivity contribution in [2.24, 2.45) is 34.5 Å². The van der Waals surface area contributed by atoms with E-state index < -0.39 is 28.8 Å². The van der Waals surface area contributed by atoms with E-state index >= 15 is 0 Å². The van der Waals surface area contributed by atoms with Crippen LogP contribution in [0.2, 0.25) is 0 Å². The van der Waals surface area contributed by atoms with Crippen LogP contribution in [0.15, 0.2) is 23.8 Å². The van der Waals surface area contributed by atoms with Crippen molar-refractivity contribution in [1.29, 1.82) is 0 Å². The molecule has 4 aliphatic carbocycles. The average Bonchev–Trinajstić information content (AvgIpc) is 2.82. The van der Waals surface area contributed by atoms with Crippen LogP contribution in [0.25, 0.3) is 0 Å². The number of fused-ring (bicyclic) bond motifs is 5. The Labute approximate surface area is 159 Å². The van der Waals surface area contributed by atoms with E-state index in [0.717, 1.165) is 18.4 Å². The average molecular weight is 372 g/mol. The summed E-state index contributed by atoms with van der Waals surface area (Å²) in [6, 6.07) is 0. The molecule has 4 aliphatic rings. The fraction of sp³-hybridized carbons (Fsp3) is 0.682. The van der Waals surface area contributed by atoms with Crippen molar-refractivity contribution in [2.45, 2.75) is 52.1 Å². The summed E-state index contributed by atoms with van der Waals surface area (Å²) < 4.78 is 0. The minimum Gasteiger partial charge on any atom is -0.388 e. The summed E-state index contributed by atoms with van der Waals surface area (Å²) in [5.74, 6) is -0.947. The molecule has 3 saturated carbocycles. The third-order valence-corrected chi connectivity index (χ3v) is 8.41. The second-order valence-corrected chi connectivity index (χ2v) is 9.52. The lowest BCUT2D eigenvalue weighted by molar-refractivity contribution is -0.173. The van der Waals surface area contributed by atoms with E-state index in [0.29, 0.717) is 6.42 Å². The van der Waals surface area contributed by atoms with Gasteiger partial charge in [-0.05, 0) is 49.2 Å². The van der Waals surface area contributed by atoms with E-state index in [1.807, 2.05) is 26.8 Å². The van der Waals surface area contributed by atoms with E-state index in [9.17, 15) is 24.6 Å². The largest absolute Gasteiger partial charge is 0.388 e. The maximum absolute atomic E-state index is 13.4. The molecule has 0 spiro atoms. The summed E-state index contributed by atoms with van der Waals surface area (Å²) in [7, 11) is 0. The van der Waals surface area contributed by atoms with Gasteiger partial charge < -0.3 is 10.2 Å². The molecular formula is C22H28O5. The first-order valence-electron chi connectivity index (χ1n) is 9.93. The van der Waals surface area contributed by atoms with Crippen molar-refractivity contribution in [1.82, 2.24) is 0 Å². The lowest BCUT2D eigenvalue weighted by Gasteiger charge is -2.56. The van der Waals surface area contributed by atoms with E-state index in [1.54, 1.807) is 12.2 Å². The molecule has 3 fully saturated rings. The molecule has 0 saturated heterocycles. The molecule has 0 heterocycles. The highest BCUT2D eigenvalue weighted by atomic mass is 16.3. The third-order valence-electron chi connectivity index (χ3n) is 8.41. The van der Waals surface area contributed by atoms with E-state index in [1.165, 1.54) is 0 Å². The molecule has 0 aromatic carbocycles. The van der Waals surface area contributed by atoms with Crippen molar-refractivity contribution < 1.29 is 24.6 Å². The number of carbonyl (C=O) groups excluding carboxylic acids is 3. The Hall–Kier alpha value is -1.59. The number of hydrogen-bond donors (Lipinski definition) is 2. The van der Waals surface area contributed by atoms with Crippen LogP contribution in [0.4, 0.5) is 0 Å². The van der Waals surface area contributed by atoms with Crippen LogP contribution in [0, 0.1) is 34.5 Å². The second kappa shape index (κ2) is 5.71. The Morgan fingerprint density at radius 3 is 2.67 bits per heavy atom. The molecule has 4 rings (SSSR count). The summed E-state index contributed by atoms with van der Waals surface area (Å²) >= 11 is 0. The molecule has 0 aromatic rings. The second-order valence-electron chi connectivity index (χ2n) is 9.52. The maximum atomic E-state index is 13.4. The Balaban J connectivity index is 1.79. The minimum atomic E-state index is -1.66. The molecular weight excluding hydrogens is 344 g/mol. The molecule has 0 aromatic heterocycles. The summed E-state index contributed by atoms with van der Waals surface area (Å²) in [6.07, 6.45) is 7.49. The smallest absolute Gasteiger partial charge is 0.190 e. The van der Waals surface area contributed by atoms with Gasteiger partial charge in [0.15, 0.2) is 11.6 Å². The van der Waals surface area contributed by atoms with Gasteiger partial charge in [-0.15, -0.1) is 0 Å². The summed E-state index contributed by atoms with van der Waals surface area (Å²) in [5.41, 5.74) is -1.94. The number of rotatable bonds is 2. The number of allylic oxidation sites excluding steroid dienone is 4. The fourth-order valence-electron chi connectivity index (χ4n) is 7.08. The first kappa shape index (κ1) is 18.8. The molecule has 0 bridgehead atoms. The standard InChI is InChI=1S/C22H28O5/c1-12-8-16-15-5-4-13-9-14(24)6-7-20(13,2)19(15)17(25)10-21(16,3)22(12,27)18(26)11-23/h6-7,9,12,15-16,19,23,27H,4-5,8,10-11H2,1-3H3/t12-,15-,16-,19-,20-,21-,22-/m0/s1. The zero-order valence-corrected chi connectivity index (χ0v) is 16.2. The van der Waals surface area contributed by atoms with Crippen LogP contribution >= 0.6 is 0 Å². The van der Waals surface area contributed by atoms with Crippen LogP contribution < -0.4 is 0 Å². The monoisotopic (exact) mass is 372 g/mol. The third kappa shape index (κ3) is 2.16. The lowest BCUT2D eigenvalue weighted by atomic mass is 9.46. The molecule has 7 atom stereocenters. The number of hydrogen-bond acceptors (Lipinski definition) is 5. The summed E-state index contributed by atoms with van der Waals surface area (Å²) in [5, 5.41) is 20.8. The molecule has 5 heteroatoms. The maximum Gasteiger partial charge on any atom is 0.190 e. The molecule has 0 unspecified atom stereocenters. The predicted molar refractivity (Wildman–Crippen MR) is 98.6 cm³/mol. The molecule has 146 valence electrons. The molecule has 0 aliphatic heterocycles. The minimum absolute atomic E-state index is 0.0218. The highest BCUT2D eigenvalue weighted by Crippen LogP contribution is 2.67. The molecule has 5 nitrogen and oxygen atoms in total. The van der Waals surface area contributed by atoms with Crippen LogP contribution in [0.3, 0.4) is 0 Å². The van der Waals surface area contributed by atoms with Gasteiger partial charge in [0.2, 0.25) is 0 Å². The zero-order chi connectivity index (χ0) is 19.8. The van der Waals surface area contributed by atoms with Gasteiger partial charge in [-0.2, -0.15) is 0 Å². The molecule has 0 radical (unpaired) electrons. The van der Waals surface area contributed by atoms with Crippen LogP contribution in [-0.4, -0.2) is 39.8 Å². The van der Waals surface area contributed by atoms with Gasteiger partial charge in [-0.3, -0.25) is 14.4 Å². The normalized spacial score (nSPS) is 48.6. The number of ketones is 3. The SMILES string of the molecule is C[C@H]1C[C@H]2[C@@H]3CCC4=CC(=O)C=C[C@]4(C)[C@@H]3C(=O)C[C@]2(C)[C@@]1(O)C(=O)CO. The number of Topliss-reactive ketones (excluding diaryl/α,β-unsaturated/α-hetero) is 2. The topological polar surface area (TPSA) is 91.7 Å². The van der Waals surface area contributed by atoms with Crippen molar-refractivity contribution in [2.75, 3.05) is 6.61 Å². The number of aliphatic hydroxyl groups is 2. The lowest BCUT2D eigenvalue weighted by Crippen LogP contribution is -2.61. The van der Waals surface area contributed by atoms with Crippen LogP contribution in [0.1, 0.15) is 46.5 Å². The first-order chi connectivity index (χ1) is 12.6. The van der Waals surface area contributed by atoms with Crippen LogP contribution in [-0.2, 0) is 14.4 Å². The number of aliphatic hydroxyl groups excluding tert-OH is 1. The Bertz CT molecular complexity index is 795. The van der Waals surface area contributed by atoms with Gasteiger partial charge in [-0.1, -0.05) is 32.4 Å². The fourth-order valence-corrected chi connectivity index (χ4v) is 7.08. The van der Waals surface area contributed by atoms with Crippen LogP contribution in [0.5, 0.6) is 0 Å². The quantitative estimate of drug-likeness (QED) is 0.774. The van der Waals surface area contributed by atoms with Crippen molar-refractivity contribution >= 4 is 17.3 Å². The van der Waals surface area contributed by atoms with Gasteiger partial charge in [0, 0.05) is 23.2 Å². The van der Waals surface area contributed by atoms with Gasteiger partial charge in [0.05, 0.1) is 0 Å². The van der Waals surface area contributed by atoms with E-state index in [-0.39, 0.29) is 41.7 Å². The van der Waals surface area contributed by atoms with Crippen molar-refractivity contribution in [3.63, 3.8) is 0 Å². The highest BCUT2D eigenvalue weighted by molar-refractivity contribution is 6.02. The summed E-state index contributed by atoms with van der Waals surface area (Å²) in [6.45, 7) is 5.05. The Kier molecular flexibility index (Phi) is 3.97.